The van der Waals surface area contributed by atoms with Crippen molar-refractivity contribution in [3.8, 4) is 22.6 Å². The third-order valence-corrected chi connectivity index (χ3v) is 13.2. The fourth-order valence-corrected chi connectivity index (χ4v) is 9.59. The van der Waals surface area contributed by atoms with Crippen LogP contribution < -0.4 is 10.0 Å². The molecule has 5 atom stereocenters. The van der Waals surface area contributed by atoms with Crippen LogP contribution in [0.1, 0.15) is 47.1 Å². The summed E-state index contributed by atoms with van der Waals surface area (Å²) in [7, 11) is -4.04. The molecule has 316 valence electrons. The van der Waals surface area contributed by atoms with Crippen LogP contribution in [0.25, 0.3) is 22.6 Å². The van der Waals surface area contributed by atoms with Gasteiger partial charge in [-0.15, -0.1) is 0 Å². The second-order valence-electron chi connectivity index (χ2n) is 15.3. The number of amides is 1. The number of carbonyl (C=O) groups excluding carboxylic acids is 1. The number of sulfonamides is 1. The molecule has 6 aromatic carbocycles. The number of aryl methyl sites for hydroxylation is 1. The van der Waals surface area contributed by atoms with E-state index < -0.39 is 28.3 Å². The van der Waals surface area contributed by atoms with Gasteiger partial charge in [-0.1, -0.05) is 164 Å². The van der Waals surface area contributed by atoms with Gasteiger partial charge in [-0.2, -0.15) is 4.72 Å². The van der Waals surface area contributed by atoms with Gasteiger partial charge < -0.3 is 24.3 Å². The number of hydrogen-bond donors (Lipinski definition) is 3. The second kappa shape index (κ2) is 19.5. The Balaban J connectivity index is 1.05. The van der Waals surface area contributed by atoms with Gasteiger partial charge in [0.05, 0.1) is 23.7 Å². The molecule has 1 saturated heterocycles. The van der Waals surface area contributed by atoms with E-state index in [0.29, 0.717) is 28.0 Å². The molecule has 8 rings (SSSR count). The Hall–Kier alpha value is -5.86. The molecule has 0 spiro atoms. The maximum atomic E-state index is 14.0. The number of nitrogens with zero attached hydrogens (tertiary/aromatic N) is 1. The van der Waals surface area contributed by atoms with Crippen molar-refractivity contribution in [3.63, 3.8) is 0 Å². The van der Waals surface area contributed by atoms with Crippen molar-refractivity contribution in [1.29, 1.82) is 0 Å². The molecule has 1 fully saturated rings. The van der Waals surface area contributed by atoms with Crippen LogP contribution in [0.4, 0.5) is 5.69 Å². The highest BCUT2D eigenvalue weighted by Gasteiger charge is 2.39. The summed E-state index contributed by atoms with van der Waals surface area (Å²) in [4.78, 5) is 19.1. The van der Waals surface area contributed by atoms with Crippen LogP contribution in [0.5, 0.6) is 0 Å². The summed E-state index contributed by atoms with van der Waals surface area (Å²) >= 11 is 1.47. The number of aliphatic hydroxyl groups excluding tert-OH is 1. The van der Waals surface area contributed by atoms with Gasteiger partial charge >= 0.3 is 0 Å². The first kappa shape index (κ1) is 42.8. The molecular weight excluding hydrogens is 819 g/mol. The third kappa shape index (κ3) is 10.2. The lowest BCUT2D eigenvalue weighted by atomic mass is 9.91. The number of hydrogen-bond acceptors (Lipinski definition) is 9. The molecule has 0 unspecified atom stereocenters. The summed E-state index contributed by atoms with van der Waals surface area (Å²) in [6.45, 7) is 3.90. The van der Waals surface area contributed by atoms with Gasteiger partial charge in [0.15, 0.2) is 12.1 Å². The summed E-state index contributed by atoms with van der Waals surface area (Å²) in [5, 5.41) is 13.2. The minimum atomic E-state index is -4.04. The van der Waals surface area contributed by atoms with E-state index in [1.807, 2.05) is 128 Å². The summed E-state index contributed by atoms with van der Waals surface area (Å²) in [6.07, 6.45) is -1.43. The summed E-state index contributed by atoms with van der Waals surface area (Å²) in [6, 6.07) is 49.5. The third-order valence-electron chi connectivity index (χ3n) is 10.8. The number of benzene rings is 6. The summed E-state index contributed by atoms with van der Waals surface area (Å²) < 4.78 is 49.7. The van der Waals surface area contributed by atoms with Crippen LogP contribution in [-0.4, -0.2) is 42.3 Å². The average molecular weight is 866 g/mol. The Morgan fingerprint density at radius 3 is 2.10 bits per heavy atom. The minimum Gasteiger partial charge on any atom is -0.431 e. The number of ether oxygens (including phenoxy) is 2. The van der Waals surface area contributed by atoms with Crippen LogP contribution in [0, 0.1) is 12.8 Å². The lowest BCUT2D eigenvalue weighted by molar-refractivity contribution is -0.268. The number of oxazole rings is 1. The van der Waals surface area contributed by atoms with Gasteiger partial charge in [0.1, 0.15) is 11.7 Å². The van der Waals surface area contributed by atoms with E-state index in [9.17, 15) is 18.3 Å². The zero-order chi connectivity index (χ0) is 43.1. The molecule has 0 aliphatic carbocycles. The topological polar surface area (TPSA) is 140 Å². The number of aliphatic hydroxyl groups is 1. The molecule has 1 aliphatic rings. The van der Waals surface area contributed by atoms with E-state index in [1.165, 1.54) is 23.9 Å². The largest absolute Gasteiger partial charge is 0.431 e. The molecule has 3 N–H and O–H groups in total. The molecule has 12 heteroatoms. The van der Waals surface area contributed by atoms with E-state index in [2.05, 4.69) is 17.0 Å². The summed E-state index contributed by atoms with van der Waals surface area (Å²) in [5.74, 6) is 0.549. The van der Waals surface area contributed by atoms with E-state index >= 15 is 0 Å². The van der Waals surface area contributed by atoms with Gasteiger partial charge in [0.2, 0.25) is 15.9 Å². The quantitative estimate of drug-likeness (QED) is 0.0860. The zero-order valence-electron chi connectivity index (χ0n) is 34.3. The lowest BCUT2D eigenvalue weighted by Gasteiger charge is -2.41. The Morgan fingerprint density at radius 1 is 0.758 bits per heavy atom. The fourth-order valence-electron chi connectivity index (χ4n) is 7.41. The molecule has 0 bridgehead atoms. The van der Waals surface area contributed by atoms with Crippen molar-refractivity contribution < 1.29 is 32.2 Å². The Labute approximate surface area is 366 Å². The fraction of sp³-hybridized carbons (Fsp3) is 0.200. The monoisotopic (exact) mass is 865 g/mol. The molecular formula is C50H47N3O7S2. The highest BCUT2D eigenvalue weighted by Crippen LogP contribution is 2.44. The average Bonchev–Trinajstić information content (AvgIpc) is 3.74. The predicted molar refractivity (Wildman–Crippen MR) is 242 cm³/mol. The van der Waals surface area contributed by atoms with E-state index in [4.69, 9.17) is 18.9 Å². The second-order valence-corrected chi connectivity index (χ2v) is 18.0. The lowest BCUT2D eigenvalue weighted by Crippen LogP contribution is -2.45. The van der Waals surface area contributed by atoms with Crippen LogP contribution in [0.15, 0.2) is 178 Å². The summed E-state index contributed by atoms with van der Waals surface area (Å²) in [5.41, 5.74) is 7.18. The van der Waals surface area contributed by atoms with Gasteiger partial charge in [0.25, 0.3) is 5.22 Å². The number of aromatic nitrogens is 1. The van der Waals surface area contributed by atoms with Crippen molar-refractivity contribution in [2.45, 2.75) is 61.5 Å². The standard InChI is InChI=1S/C50H47N3O7S2/c1-33-21-27-42(28-22-33)62(56,57)53-43(29-35-13-6-3-7-14-35)48(55)51-41-20-12-19-40(30-41)49-58-44(34(2)46(59-49)39-25-23-36(31-54)24-26-39)32-61-50-52-45(37-15-8-4-9-16-37)47(60-50)38-17-10-5-11-18-38/h3-28,30,34,43-44,46,49,53-54H,29,31-32H2,1-2H3,(H,51,55)/t34-,43+,44+,46+,49+/m0/s1. The number of carbonyl (C=O) groups is 1. The highest BCUT2D eigenvalue weighted by molar-refractivity contribution is 7.99. The first-order chi connectivity index (χ1) is 30.1. The molecule has 62 heavy (non-hydrogen) atoms. The minimum absolute atomic E-state index is 0.0705. The molecule has 1 amide bonds. The first-order valence-corrected chi connectivity index (χ1v) is 22.9. The molecule has 1 aromatic heterocycles. The SMILES string of the molecule is Cc1ccc(S(=O)(=O)N[C@H](Cc2ccccc2)C(=O)Nc2cccc([C@@H]3O[C@H](CSc4nc(-c5ccccc5)c(-c5ccccc5)o4)[C@H](C)[C@H](c4ccc(CO)cc4)O3)c2)cc1. The van der Waals surface area contributed by atoms with Crippen LogP contribution >= 0.6 is 11.8 Å². The first-order valence-electron chi connectivity index (χ1n) is 20.4. The number of anilines is 1. The molecule has 10 nitrogen and oxygen atoms in total. The van der Waals surface area contributed by atoms with Gasteiger partial charge in [-0.3, -0.25) is 4.79 Å². The van der Waals surface area contributed by atoms with Crippen molar-refractivity contribution in [2.24, 2.45) is 5.92 Å². The zero-order valence-corrected chi connectivity index (χ0v) is 35.9. The van der Waals surface area contributed by atoms with Crippen molar-refractivity contribution in [1.82, 2.24) is 9.71 Å². The van der Waals surface area contributed by atoms with Crippen LogP contribution in [0.3, 0.4) is 0 Å². The van der Waals surface area contributed by atoms with Crippen LogP contribution in [-0.2, 0) is 37.3 Å². The number of thioether (sulfide) groups is 1. The van der Waals surface area contributed by atoms with E-state index in [0.717, 1.165) is 39.1 Å². The molecule has 1 aliphatic heterocycles. The maximum Gasteiger partial charge on any atom is 0.256 e. The molecule has 7 aromatic rings. The van der Waals surface area contributed by atoms with Crippen molar-refractivity contribution in [2.75, 3.05) is 11.1 Å². The smallest absolute Gasteiger partial charge is 0.256 e. The Kier molecular flexibility index (Phi) is 13.4. The highest BCUT2D eigenvalue weighted by atomic mass is 32.2. The number of rotatable bonds is 15. The molecule has 2 heterocycles. The Morgan fingerprint density at radius 2 is 1.42 bits per heavy atom. The van der Waals surface area contributed by atoms with Crippen molar-refractivity contribution >= 4 is 33.4 Å². The van der Waals surface area contributed by atoms with E-state index in [-0.39, 0.29) is 36.0 Å². The van der Waals surface area contributed by atoms with Gasteiger partial charge in [-0.25, -0.2) is 13.4 Å². The Bertz CT molecular complexity index is 2620. The normalized spacial score (nSPS) is 18.2. The van der Waals surface area contributed by atoms with Gasteiger partial charge in [-0.05, 0) is 54.3 Å². The molecule has 0 saturated carbocycles. The van der Waals surface area contributed by atoms with Crippen LogP contribution in [0.2, 0.25) is 0 Å². The van der Waals surface area contributed by atoms with E-state index in [1.54, 1.807) is 30.3 Å². The number of nitrogens with one attached hydrogen (secondary N) is 2. The van der Waals surface area contributed by atoms with Crippen molar-refractivity contribution in [3.05, 3.63) is 192 Å². The van der Waals surface area contributed by atoms with Gasteiger partial charge in [0, 0.05) is 34.0 Å². The maximum absolute atomic E-state index is 14.0. The molecule has 0 radical (unpaired) electrons. The predicted octanol–water partition coefficient (Wildman–Crippen LogP) is 9.92.